The SMILES string of the molecule is CC(C)(C)[C@H]1CCc2cc(F)c(OCC3CC3)cc21. The zero-order chi connectivity index (χ0) is 13.6. The molecule has 0 heterocycles. The molecule has 2 aliphatic rings. The number of fused-ring (bicyclic) bond motifs is 1. The van der Waals surface area contributed by atoms with Crippen LogP contribution in [-0.2, 0) is 6.42 Å². The quantitative estimate of drug-likeness (QED) is 0.767. The molecule has 19 heavy (non-hydrogen) atoms. The van der Waals surface area contributed by atoms with Gasteiger partial charge in [-0.05, 0) is 66.2 Å². The lowest BCUT2D eigenvalue weighted by atomic mass is 9.77. The van der Waals surface area contributed by atoms with Crippen LogP contribution in [0.15, 0.2) is 12.1 Å². The maximum absolute atomic E-state index is 14.0. The van der Waals surface area contributed by atoms with E-state index in [2.05, 4.69) is 20.8 Å². The Morgan fingerprint density at radius 3 is 2.58 bits per heavy atom. The van der Waals surface area contributed by atoms with Gasteiger partial charge in [0.25, 0.3) is 0 Å². The highest BCUT2D eigenvalue weighted by molar-refractivity contribution is 5.43. The lowest BCUT2D eigenvalue weighted by Gasteiger charge is -2.28. The summed E-state index contributed by atoms with van der Waals surface area (Å²) in [6.07, 6.45) is 4.59. The lowest BCUT2D eigenvalue weighted by molar-refractivity contribution is 0.283. The third-order valence-electron chi connectivity index (χ3n) is 4.49. The Bertz CT molecular complexity index is 483. The Kier molecular flexibility index (Phi) is 3.07. The fraction of sp³-hybridized carbons (Fsp3) is 0.647. The number of benzene rings is 1. The summed E-state index contributed by atoms with van der Waals surface area (Å²) >= 11 is 0. The van der Waals surface area contributed by atoms with Crippen LogP contribution in [0.3, 0.4) is 0 Å². The van der Waals surface area contributed by atoms with Gasteiger partial charge in [0.15, 0.2) is 11.6 Å². The highest BCUT2D eigenvalue weighted by atomic mass is 19.1. The second-order valence-electron chi connectivity index (χ2n) is 7.19. The predicted octanol–water partition coefficient (Wildman–Crippen LogP) is 4.69. The molecular weight excluding hydrogens is 239 g/mol. The van der Waals surface area contributed by atoms with E-state index < -0.39 is 0 Å². The Morgan fingerprint density at radius 2 is 1.95 bits per heavy atom. The molecule has 1 saturated carbocycles. The van der Waals surface area contributed by atoms with Crippen LogP contribution in [-0.4, -0.2) is 6.61 Å². The first-order chi connectivity index (χ1) is 8.95. The van der Waals surface area contributed by atoms with Crippen LogP contribution in [0, 0.1) is 17.2 Å². The van der Waals surface area contributed by atoms with Crippen molar-refractivity contribution in [1.29, 1.82) is 0 Å². The molecule has 0 unspecified atom stereocenters. The minimum atomic E-state index is -0.186. The highest BCUT2D eigenvalue weighted by Crippen LogP contribution is 2.46. The van der Waals surface area contributed by atoms with E-state index in [4.69, 9.17) is 4.74 Å². The van der Waals surface area contributed by atoms with Gasteiger partial charge in [-0.25, -0.2) is 4.39 Å². The van der Waals surface area contributed by atoms with Crippen molar-refractivity contribution < 1.29 is 9.13 Å². The molecule has 0 spiro atoms. The van der Waals surface area contributed by atoms with E-state index in [1.54, 1.807) is 6.07 Å². The number of aryl methyl sites for hydroxylation is 1. The summed E-state index contributed by atoms with van der Waals surface area (Å²) in [5, 5.41) is 0. The topological polar surface area (TPSA) is 9.23 Å². The van der Waals surface area contributed by atoms with Gasteiger partial charge in [0.1, 0.15) is 0 Å². The van der Waals surface area contributed by atoms with E-state index in [9.17, 15) is 4.39 Å². The molecule has 0 N–H and O–H groups in total. The van der Waals surface area contributed by atoms with Crippen LogP contribution in [0.25, 0.3) is 0 Å². The Morgan fingerprint density at radius 1 is 1.21 bits per heavy atom. The average molecular weight is 262 g/mol. The molecule has 0 bridgehead atoms. The summed E-state index contributed by atoms with van der Waals surface area (Å²) in [5.41, 5.74) is 2.72. The molecule has 2 heteroatoms. The first-order valence-electron chi connectivity index (χ1n) is 7.40. The van der Waals surface area contributed by atoms with Crippen molar-refractivity contribution in [3.63, 3.8) is 0 Å². The number of hydrogen-bond donors (Lipinski definition) is 0. The Hall–Kier alpha value is -1.05. The minimum absolute atomic E-state index is 0.186. The molecule has 0 aliphatic heterocycles. The van der Waals surface area contributed by atoms with Gasteiger partial charge in [0.2, 0.25) is 0 Å². The van der Waals surface area contributed by atoms with E-state index >= 15 is 0 Å². The summed E-state index contributed by atoms with van der Waals surface area (Å²) in [6.45, 7) is 7.47. The van der Waals surface area contributed by atoms with Crippen LogP contribution in [0.5, 0.6) is 5.75 Å². The van der Waals surface area contributed by atoms with Gasteiger partial charge in [-0.1, -0.05) is 20.8 Å². The van der Waals surface area contributed by atoms with Crippen molar-refractivity contribution in [2.75, 3.05) is 6.61 Å². The number of hydrogen-bond acceptors (Lipinski definition) is 1. The maximum Gasteiger partial charge on any atom is 0.165 e. The molecule has 1 aromatic rings. The average Bonchev–Trinajstić information content (AvgIpc) is 3.04. The summed E-state index contributed by atoms with van der Waals surface area (Å²) in [5.74, 6) is 1.45. The zero-order valence-corrected chi connectivity index (χ0v) is 12.1. The van der Waals surface area contributed by atoms with Gasteiger partial charge >= 0.3 is 0 Å². The molecule has 0 radical (unpaired) electrons. The van der Waals surface area contributed by atoms with E-state index in [0.717, 1.165) is 12.8 Å². The van der Waals surface area contributed by atoms with Gasteiger partial charge in [-0.15, -0.1) is 0 Å². The first-order valence-corrected chi connectivity index (χ1v) is 7.40. The van der Waals surface area contributed by atoms with E-state index in [0.29, 0.717) is 24.2 Å². The number of rotatable bonds is 3. The molecule has 0 amide bonds. The highest BCUT2D eigenvalue weighted by Gasteiger charge is 2.33. The molecule has 1 aromatic carbocycles. The van der Waals surface area contributed by atoms with Crippen LogP contribution < -0.4 is 4.74 Å². The zero-order valence-electron chi connectivity index (χ0n) is 12.1. The summed E-state index contributed by atoms with van der Waals surface area (Å²) in [4.78, 5) is 0. The molecule has 2 aliphatic carbocycles. The fourth-order valence-electron chi connectivity index (χ4n) is 3.11. The van der Waals surface area contributed by atoms with Gasteiger partial charge in [-0.3, -0.25) is 0 Å². The minimum Gasteiger partial charge on any atom is -0.490 e. The van der Waals surface area contributed by atoms with Gasteiger partial charge < -0.3 is 4.74 Å². The number of ether oxygens (including phenoxy) is 1. The van der Waals surface area contributed by atoms with Crippen LogP contribution >= 0.6 is 0 Å². The number of halogens is 1. The van der Waals surface area contributed by atoms with Crippen LogP contribution in [0.2, 0.25) is 0 Å². The second kappa shape index (κ2) is 4.50. The van der Waals surface area contributed by atoms with Crippen molar-refractivity contribution in [3.05, 3.63) is 29.1 Å². The van der Waals surface area contributed by atoms with Crippen LogP contribution in [0.1, 0.15) is 57.1 Å². The molecule has 3 rings (SSSR count). The Balaban J connectivity index is 1.86. The summed E-state index contributed by atoms with van der Waals surface area (Å²) in [6, 6.07) is 3.67. The monoisotopic (exact) mass is 262 g/mol. The maximum atomic E-state index is 14.0. The molecule has 104 valence electrons. The van der Waals surface area contributed by atoms with Crippen molar-refractivity contribution >= 4 is 0 Å². The lowest BCUT2D eigenvalue weighted by Crippen LogP contribution is -2.16. The normalized spacial score (nSPS) is 22.4. The molecule has 1 atom stereocenters. The summed E-state index contributed by atoms with van der Waals surface area (Å²) < 4.78 is 19.7. The van der Waals surface area contributed by atoms with E-state index in [1.165, 1.54) is 24.0 Å². The molecule has 1 fully saturated rings. The third kappa shape index (κ3) is 2.63. The van der Waals surface area contributed by atoms with Gasteiger partial charge in [0.05, 0.1) is 6.61 Å². The van der Waals surface area contributed by atoms with Crippen molar-refractivity contribution in [1.82, 2.24) is 0 Å². The van der Waals surface area contributed by atoms with Crippen molar-refractivity contribution in [2.45, 2.75) is 52.4 Å². The summed E-state index contributed by atoms with van der Waals surface area (Å²) in [7, 11) is 0. The van der Waals surface area contributed by atoms with Gasteiger partial charge in [-0.2, -0.15) is 0 Å². The fourth-order valence-corrected chi connectivity index (χ4v) is 3.11. The molecule has 0 saturated heterocycles. The van der Waals surface area contributed by atoms with Crippen molar-refractivity contribution in [2.24, 2.45) is 11.3 Å². The first kappa shape index (κ1) is 13.0. The van der Waals surface area contributed by atoms with E-state index in [-0.39, 0.29) is 11.2 Å². The standard InChI is InChI=1S/C17H23FO/c1-17(2,3)14-7-6-12-8-15(18)16(9-13(12)14)19-10-11-4-5-11/h8-9,11,14H,4-7,10H2,1-3H3/t14-/m0/s1. The predicted molar refractivity (Wildman–Crippen MR) is 75.1 cm³/mol. The second-order valence-corrected chi connectivity index (χ2v) is 7.19. The Labute approximate surface area is 115 Å². The van der Waals surface area contributed by atoms with Gasteiger partial charge in [0, 0.05) is 0 Å². The molecular formula is C17H23FO. The smallest absolute Gasteiger partial charge is 0.165 e. The largest absolute Gasteiger partial charge is 0.490 e. The molecule has 0 aromatic heterocycles. The third-order valence-corrected chi connectivity index (χ3v) is 4.49. The molecule has 1 nitrogen and oxygen atoms in total. The van der Waals surface area contributed by atoms with Crippen molar-refractivity contribution in [3.8, 4) is 5.75 Å². The van der Waals surface area contributed by atoms with E-state index in [1.807, 2.05) is 6.07 Å². The van der Waals surface area contributed by atoms with Crippen LogP contribution in [0.4, 0.5) is 4.39 Å².